The van der Waals surface area contributed by atoms with E-state index in [2.05, 4.69) is 30.1 Å². The molecule has 2 aromatic heterocycles. The molecule has 0 aliphatic carbocycles. The van der Waals surface area contributed by atoms with Crippen molar-refractivity contribution < 1.29 is 37.4 Å². The number of fused-ring (bicyclic) bond motifs is 1. The van der Waals surface area contributed by atoms with Gasteiger partial charge in [0.2, 0.25) is 5.95 Å². The van der Waals surface area contributed by atoms with Crippen LogP contribution in [0.4, 0.5) is 16.2 Å². The maximum absolute atomic E-state index is 15.6. The number of nitrogens with two attached hydrogens (primary N) is 1. The highest BCUT2D eigenvalue weighted by atomic mass is 35.5. The van der Waals surface area contributed by atoms with Crippen molar-refractivity contribution >= 4 is 48.2 Å². The largest absolute Gasteiger partial charge is 0.468 e. The van der Waals surface area contributed by atoms with Crippen molar-refractivity contribution in [2.75, 3.05) is 37.7 Å². The fourth-order valence-electron chi connectivity index (χ4n) is 3.96. The van der Waals surface area contributed by atoms with Gasteiger partial charge in [0.05, 0.1) is 25.9 Å². The molecule has 0 radical (unpaired) electrons. The first kappa shape index (κ1) is 28.9. The number of alkyl halides is 2. The molecule has 4 rings (SSSR count). The topological polar surface area (TPSA) is 185 Å². The van der Waals surface area contributed by atoms with Crippen LogP contribution in [0.25, 0.3) is 11.2 Å². The minimum atomic E-state index is -4.34. The number of para-hydroxylation sites is 1. The molecule has 1 saturated heterocycles. The molecule has 1 fully saturated rings. The Balaban J connectivity index is 1.62. The number of aromatic nitrogens is 4. The van der Waals surface area contributed by atoms with Crippen LogP contribution >= 0.6 is 19.3 Å². The summed E-state index contributed by atoms with van der Waals surface area (Å²) in [6.07, 6.45) is -4.06. The number of imidazole rings is 1. The molecule has 1 aliphatic heterocycles. The second-order valence-electron chi connectivity index (χ2n) is 8.65. The molecular weight excluding hydrogens is 560 g/mol. The molecule has 14 nitrogen and oxygen atoms in total. The molecule has 1 aliphatic rings. The van der Waals surface area contributed by atoms with Crippen molar-refractivity contribution in [1.29, 1.82) is 0 Å². The molecule has 0 saturated carbocycles. The number of aliphatic hydroxyl groups excluding tert-OH is 1. The zero-order valence-corrected chi connectivity index (χ0v) is 22.8. The number of esters is 1. The number of nitrogens with one attached hydrogen (secondary N) is 2. The van der Waals surface area contributed by atoms with Crippen molar-refractivity contribution in [3.05, 3.63) is 36.7 Å². The summed E-state index contributed by atoms with van der Waals surface area (Å²) in [6, 6.07) is 6.91. The summed E-state index contributed by atoms with van der Waals surface area (Å²) < 4.78 is 52.3. The van der Waals surface area contributed by atoms with Gasteiger partial charge in [-0.25, -0.2) is 13.9 Å². The number of carbonyl (C=O) groups is 1. The van der Waals surface area contributed by atoms with Crippen LogP contribution in [0, 0.1) is 0 Å². The van der Waals surface area contributed by atoms with Gasteiger partial charge in [0.25, 0.3) is 0 Å². The summed E-state index contributed by atoms with van der Waals surface area (Å²) >= 11 is 6.17. The molecule has 3 heterocycles. The molecule has 17 heteroatoms. The number of anilines is 2. The van der Waals surface area contributed by atoms with Gasteiger partial charge >= 0.3 is 13.7 Å². The third kappa shape index (κ3) is 5.78. The Bertz CT molecular complexity index is 1370. The third-order valence-corrected chi connectivity index (χ3v) is 8.07. The zero-order chi connectivity index (χ0) is 28.4. The second kappa shape index (κ2) is 11.6. The maximum Gasteiger partial charge on any atom is 0.459 e. The lowest BCUT2D eigenvalue weighted by Crippen LogP contribution is -2.48. The summed E-state index contributed by atoms with van der Waals surface area (Å²) in [7, 11) is -1.58. The first-order chi connectivity index (χ1) is 18.6. The first-order valence-corrected chi connectivity index (χ1v) is 13.7. The van der Waals surface area contributed by atoms with Gasteiger partial charge in [0, 0.05) is 7.05 Å². The van der Waals surface area contributed by atoms with E-state index in [4.69, 9.17) is 31.1 Å². The number of halogens is 2. The molecule has 0 amide bonds. The average molecular weight is 588 g/mol. The van der Waals surface area contributed by atoms with E-state index in [1.165, 1.54) is 30.0 Å². The summed E-state index contributed by atoms with van der Waals surface area (Å²) in [5.41, 5.74) is 4.33. The van der Waals surface area contributed by atoms with Crippen LogP contribution in [0.5, 0.6) is 5.75 Å². The van der Waals surface area contributed by atoms with Crippen molar-refractivity contribution in [2.24, 2.45) is 0 Å². The number of aliphatic hydroxyl groups is 1. The molecule has 6 atom stereocenters. The Morgan fingerprint density at radius 3 is 2.74 bits per heavy atom. The highest BCUT2D eigenvalue weighted by Gasteiger charge is 2.57. The Labute approximate surface area is 227 Å². The predicted molar refractivity (Wildman–Crippen MR) is 139 cm³/mol. The number of hydrogen-bond acceptors (Lipinski definition) is 12. The van der Waals surface area contributed by atoms with Crippen molar-refractivity contribution in [2.45, 2.75) is 37.1 Å². The molecule has 0 spiro atoms. The van der Waals surface area contributed by atoms with E-state index in [0.717, 1.165) is 7.11 Å². The van der Waals surface area contributed by atoms with Gasteiger partial charge in [-0.3, -0.25) is 13.9 Å². The van der Waals surface area contributed by atoms with Gasteiger partial charge in [-0.2, -0.15) is 15.1 Å². The van der Waals surface area contributed by atoms with E-state index in [9.17, 15) is 14.5 Å². The number of benzene rings is 1. The zero-order valence-electron chi connectivity index (χ0n) is 21.2. The van der Waals surface area contributed by atoms with E-state index in [-0.39, 0.29) is 17.3 Å². The Morgan fingerprint density at radius 1 is 1.38 bits per heavy atom. The van der Waals surface area contributed by atoms with Crippen LogP contribution in [-0.2, 0) is 23.4 Å². The van der Waals surface area contributed by atoms with E-state index < -0.39 is 56.3 Å². The van der Waals surface area contributed by atoms with Crippen molar-refractivity contribution in [3.63, 3.8) is 0 Å². The van der Waals surface area contributed by atoms with Gasteiger partial charge in [-0.15, -0.1) is 11.6 Å². The van der Waals surface area contributed by atoms with Gasteiger partial charge in [-0.1, -0.05) is 18.2 Å². The van der Waals surface area contributed by atoms with E-state index in [1.807, 2.05) is 0 Å². The lowest BCUT2D eigenvalue weighted by molar-refractivity contribution is -0.142. The normalized spacial score (nSPS) is 25.2. The number of hydrogen-bond donors (Lipinski definition) is 4. The van der Waals surface area contributed by atoms with Gasteiger partial charge < -0.3 is 30.2 Å². The smallest absolute Gasteiger partial charge is 0.459 e. The Hall–Kier alpha value is -3.07. The van der Waals surface area contributed by atoms with Gasteiger partial charge in [0.1, 0.15) is 23.5 Å². The molecule has 39 heavy (non-hydrogen) atoms. The fourth-order valence-corrected chi connectivity index (χ4v) is 5.81. The molecule has 212 valence electrons. The number of methoxy groups -OCH3 is 1. The van der Waals surface area contributed by atoms with Crippen LogP contribution in [0.1, 0.15) is 13.2 Å². The van der Waals surface area contributed by atoms with E-state index >= 15 is 4.39 Å². The number of ether oxygens (including phenoxy) is 2. The molecule has 0 bridgehead atoms. The van der Waals surface area contributed by atoms with Crippen LogP contribution in [0.15, 0.2) is 36.7 Å². The average Bonchev–Trinajstić information content (AvgIpc) is 3.45. The highest BCUT2D eigenvalue weighted by Crippen LogP contribution is 2.49. The van der Waals surface area contributed by atoms with Crippen LogP contribution in [0.3, 0.4) is 0 Å². The summed E-state index contributed by atoms with van der Waals surface area (Å²) in [4.78, 5) is 24.4. The summed E-state index contributed by atoms with van der Waals surface area (Å²) in [5.74, 6) is -0.838. The number of carbonyl (C=O) groups excluding carboxylic acids is 1. The van der Waals surface area contributed by atoms with Crippen LogP contribution in [-0.4, -0.2) is 81.2 Å². The maximum atomic E-state index is 15.6. The van der Waals surface area contributed by atoms with Gasteiger partial charge in [-0.05, 0) is 19.1 Å². The monoisotopic (exact) mass is 587 g/mol. The lowest BCUT2D eigenvalue weighted by Gasteiger charge is -2.31. The Kier molecular flexibility index (Phi) is 8.59. The quantitative estimate of drug-likeness (QED) is 0.145. The van der Waals surface area contributed by atoms with Crippen LogP contribution < -0.4 is 20.7 Å². The van der Waals surface area contributed by atoms with Crippen molar-refractivity contribution in [3.8, 4) is 5.75 Å². The van der Waals surface area contributed by atoms with Crippen LogP contribution in [0.2, 0.25) is 0 Å². The molecule has 5 N–H and O–H groups in total. The third-order valence-electron chi connectivity index (χ3n) is 6.00. The lowest BCUT2D eigenvalue weighted by atomic mass is 9.99. The predicted octanol–water partition coefficient (Wildman–Crippen LogP) is 2.01. The first-order valence-electron chi connectivity index (χ1n) is 11.6. The fraction of sp³-hybridized carbons (Fsp3) is 0.455. The molecule has 1 aromatic carbocycles. The molecular formula is C22H28ClFN7O7P. The molecule has 3 aromatic rings. The summed E-state index contributed by atoms with van der Waals surface area (Å²) in [5, 5.41) is 16.2. The standard InChI is InChI=1S/C22H28ClFN7O7P/c1-12(20(33)35-3)30-39(34,38-13-7-5-4-6-8-13)36-10-22(9-23)16(32)14(24)19(37-22)31-11-27-15-17(26-2)28-21(25)29-18(15)31/h4-8,11-12,14,16,19,32H,9-10H2,1-3H3,(H,30,34)(H3,25,26,28,29)/t12-,14-,16-,19+,22+,39+/m0/s1. The van der Waals surface area contributed by atoms with Crippen molar-refractivity contribution in [1.82, 2.24) is 24.6 Å². The Morgan fingerprint density at radius 2 is 2.10 bits per heavy atom. The SMILES string of the molecule is CNc1nc(N)nc2c1ncn2[C@@H]1O[C@](CCl)(CO[P@](=O)(N[C@@H](C)C(=O)OC)Oc2ccccc2)[C@@H](O)[C@@H]1F. The molecule has 0 unspecified atom stereocenters. The minimum Gasteiger partial charge on any atom is -0.468 e. The number of rotatable bonds is 11. The van der Waals surface area contributed by atoms with Gasteiger partial charge in [0.15, 0.2) is 29.4 Å². The number of nitrogen functional groups attached to an aromatic ring is 1. The second-order valence-corrected chi connectivity index (χ2v) is 10.6. The minimum absolute atomic E-state index is 0.0979. The van der Waals surface area contributed by atoms with E-state index in [1.54, 1.807) is 25.2 Å². The summed E-state index contributed by atoms with van der Waals surface area (Å²) in [6.45, 7) is 0.699. The van der Waals surface area contributed by atoms with E-state index in [0.29, 0.717) is 11.3 Å². The highest BCUT2D eigenvalue weighted by molar-refractivity contribution is 7.52. The number of nitrogens with zero attached hydrogens (tertiary/aromatic N) is 4.